The van der Waals surface area contributed by atoms with Crippen LogP contribution in [0.5, 0.6) is 0 Å². The molecule has 0 aliphatic rings. The third kappa shape index (κ3) is 3.58. The first-order chi connectivity index (χ1) is 12.3. The highest BCUT2D eigenvalue weighted by Gasteiger charge is 2.19. The molecule has 0 spiro atoms. The zero-order chi connectivity index (χ0) is 19.4. The van der Waals surface area contributed by atoms with Gasteiger partial charge in [0, 0.05) is 33.9 Å². The molecule has 2 N–H and O–H groups in total. The molecular weight excluding hydrogens is 336 g/mol. The molecule has 2 aromatic heterocycles. The van der Waals surface area contributed by atoms with Gasteiger partial charge in [0.1, 0.15) is 0 Å². The molecule has 2 heterocycles. The third-order valence-electron chi connectivity index (χ3n) is 4.07. The Bertz CT molecular complexity index is 829. The average Bonchev–Trinajstić information content (AvgIpc) is 3.04. The van der Waals surface area contributed by atoms with Crippen molar-refractivity contribution in [2.45, 2.75) is 27.7 Å². The van der Waals surface area contributed by atoms with E-state index in [0.717, 1.165) is 11.4 Å². The molecule has 26 heavy (non-hydrogen) atoms. The zero-order valence-electron chi connectivity index (χ0n) is 15.7. The molecule has 0 aliphatic carbocycles. The van der Waals surface area contributed by atoms with Crippen molar-refractivity contribution in [1.29, 1.82) is 0 Å². The van der Waals surface area contributed by atoms with E-state index in [1.807, 2.05) is 13.8 Å². The lowest BCUT2D eigenvalue weighted by Gasteiger charge is -2.00. The van der Waals surface area contributed by atoms with Crippen LogP contribution in [0.15, 0.2) is 10.2 Å². The normalized spacial score (nSPS) is 11.5. The number of H-pyrrole nitrogens is 2. The summed E-state index contributed by atoms with van der Waals surface area (Å²) in [6.07, 6.45) is 2.96. The molecule has 0 atom stereocenters. The minimum absolute atomic E-state index is 0.424. The first-order valence-electron chi connectivity index (χ1n) is 7.93. The fraction of sp³-hybridized carbons (Fsp3) is 0.333. The van der Waals surface area contributed by atoms with Gasteiger partial charge in [0.25, 0.3) is 0 Å². The minimum Gasteiger partial charge on any atom is -0.465 e. The molecule has 2 rings (SSSR count). The van der Waals surface area contributed by atoms with Gasteiger partial charge in [0.05, 0.1) is 37.8 Å². The number of aryl methyl sites for hydroxylation is 4. The fourth-order valence-corrected chi connectivity index (χ4v) is 2.84. The van der Waals surface area contributed by atoms with Crippen LogP contribution in [-0.2, 0) is 9.47 Å². The van der Waals surface area contributed by atoms with E-state index in [1.165, 1.54) is 26.6 Å². The van der Waals surface area contributed by atoms with E-state index in [1.54, 1.807) is 13.8 Å². The predicted molar refractivity (Wildman–Crippen MR) is 98.4 cm³/mol. The lowest BCUT2D eigenvalue weighted by molar-refractivity contribution is 0.0591. The highest BCUT2D eigenvalue weighted by molar-refractivity contribution is 6.03. The van der Waals surface area contributed by atoms with Gasteiger partial charge in [-0.2, -0.15) is 10.2 Å². The van der Waals surface area contributed by atoms with Crippen LogP contribution >= 0.6 is 0 Å². The topological polar surface area (TPSA) is 109 Å². The summed E-state index contributed by atoms with van der Waals surface area (Å²) in [6, 6.07) is 0. The average molecular weight is 358 g/mol. The van der Waals surface area contributed by atoms with Crippen molar-refractivity contribution in [3.8, 4) is 0 Å². The maximum Gasteiger partial charge on any atom is 0.340 e. The highest BCUT2D eigenvalue weighted by atomic mass is 16.5. The number of hydrogen-bond donors (Lipinski definition) is 2. The smallest absolute Gasteiger partial charge is 0.340 e. The fourth-order valence-electron chi connectivity index (χ4n) is 2.84. The van der Waals surface area contributed by atoms with Crippen LogP contribution in [0, 0.1) is 27.7 Å². The number of carbonyl (C=O) groups is 2. The number of nitrogens with zero attached hydrogens (tertiary/aromatic N) is 2. The van der Waals surface area contributed by atoms with Gasteiger partial charge >= 0.3 is 11.9 Å². The van der Waals surface area contributed by atoms with E-state index < -0.39 is 11.9 Å². The number of nitrogens with one attached hydrogen (secondary N) is 2. The van der Waals surface area contributed by atoms with Gasteiger partial charge in [0.2, 0.25) is 0 Å². The predicted octanol–water partition coefficient (Wildman–Crippen LogP) is 2.60. The van der Waals surface area contributed by atoms with Gasteiger partial charge in [-0.05, 0) is 27.7 Å². The monoisotopic (exact) mass is 358 g/mol. The van der Waals surface area contributed by atoms with Crippen LogP contribution in [0.3, 0.4) is 0 Å². The first kappa shape index (κ1) is 19.2. The first-order valence-corrected chi connectivity index (χ1v) is 7.93. The number of carbonyl (C=O) groups excluding carboxylic acids is 2. The number of methoxy groups -OCH3 is 2. The molecule has 0 amide bonds. The largest absolute Gasteiger partial charge is 0.465 e. The molecule has 2 aromatic rings. The molecule has 138 valence electrons. The Labute approximate surface area is 151 Å². The lowest BCUT2D eigenvalue weighted by atomic mass is 10.1. The SMILES string of the molecule is COC(=O)c1c(C)[nH]c(C)c1/C=N\N=C/c1c(C)[nH]c(C)c1C(=O)OC. The lowest BCUT2D eigenvalue weighted by Crippen LogP contribution is -2.05. The second kappa shape index (κ2) is 7.81. The van der Waals surface area contributed by atoms with E-state index in [2.05, 4.69) is 20.2 Å². The molecule has 0 radical (unpaired) electrons. The number of hydrogen-bond acceptors (Lipinski definition) is 6. The summed E-state index contributed by atoms with van der Waals surface area (Å²) in [5.41, 5.74) is 5.04. The zero-order valence-corrected chi connectivity index (χ0v) is 15.7. The second-order valence-corrected chi connectivity index (χ2v) is 5.80. The van der Waals surface area contributed by atoms with E-state index in [4.69, 9.17) is 9.47 Å². The standard InChI is InChI=1S/C18H22N4O4/c1-9-13(15(11(3)21-9)17(23)25-5)7-19-20-8-14-10(2)22-12(4)16(14)18(24)26-6/h7-8,21-22H,1-6H3/b19-7-,20-8-. The van der Waals surface area contributed by atoms with Gasteiger partial charge in [-0.3, -0.25) is 0 Å². The summed E-state index contributed by atoms with van der Waals surface area (Å²) in [6.45, 7) is 7.24. The second-order valence-electron chi connectivity index (χ2n) is 5.80. The highest BCUT2D eigenvalue weighted by Crippen LogP contribution is 2.19. The van der Waals surface area contributed by atoms with Gasteiger partial charge in [-0.15, -0.1) is 0 Å². The summed E-state index contributed by atoms with van der Waals surface area (Å²) < 4.78 is 9.61. The number of ether oxygens (including phenoxy) is 2. The molecule has 0 bridgehead atoms. The number of esters is 2. The van der Waals surface area contributed by atoms with Crippen LogP contribution in [0.2, 0.25) is 0 Å². The summed E-state index contributed by atoms with van der Waals surface area (Å²) in [4.78, 5) is 30.0. The van der Waals surface area contributed by atoms with E-state index in [0.29, 0.717) is 33.6 Å². The third-order valence-corrected chi connectivity index (χ3v) is 4.07. The van der Waals surface area contributed by atoms with E-state index in [-0.39, 0.29) is 0 Å². The van der Waals surface area contributed by atoms with Gasteiger partial charge in [-0.25, -0.2) is 9.59 Å². The molecule has 0 fully saturated rings. The van der Waals surface area contributed by atoms with E-state index >= 15 is 0 Å². The van der Waals surface area contributed by atoms with Crippen molar-refractivity contribution in [2.75, 3.05) is 14.2 Å². The summed E-state index contributed by atoms with van der Waals surface area (Å²) in [7, 11) is 2.66. The van der Waals surface area contributed by atoms with E-state index in [9.17, 15) is 9.59 Å². The summed E-state index contributed by atoms with van der Waals surface area (Å²) >= 11 is 0. The van der Waals surface area contributed by atoms with Crippen molar-refractivity contribution in [3.05, 3.63) is 45.0 Å². The number of aromatic amines is 2. The van der Waals surface area contributed by atoms with Gasteiger partial charge < -0.3 is 19.4 Å². The Morgan fingerprint density at radius 3 is 1.38 bits per heavy atom. The maximum atomic E-state index is 11.9. The molecule has 0 aliphatic heterocycles. The molecule has 0 saturated carbocycles. The van der Waals surface area contributed by atoms with Crippen molar-refractivity contribution in [3.63, 3.8) is 0 Å². The number of aromatic nitrogens is 2. The molecule has 0 saturated heterocycles. The van der Waals surface area contributed by atoms with Crippen LogP contribution in [0.4, 0.5) is 0 Å². The molecule has 0 aromatic carbocycles. The molecule has 8 nitrogen and oxygen atoms in total. The Hall–Kier alpha value is -3.16. The molecular formula is C18H22N4O4. The number of rotatable bonds is 5. The van der Waals surface area contributed by atoms with Crippen molar-refractivity contribution in [1.82, 2.24) is 9.97 Å². The quantitative estimate of drug-likeness (QED) is 0.486. The van der Waals surface area contributed by atoms with Crippen LogP contribution < -0.4 is 0 Å². The van der Waals surface area contributed by atoms with Crippen molar-refractivity contribution < 1.29 is 19.1 Å². The Morgan fingerprint density at radius 1 is 0.731 bits per heavy atom. The minimum atomic E-state index is -0.442. The Balaban J connectivity index is 2.33. The van der Waals surface area contributed by atoms with Crippen LogP contribution in [-0.4, -0.2) is 48.6 Å². The summed E-state index contributed by atoms with van der Waals surface area (Å²) in [5.74, 6) is -0.885. The van der Waals surface area contributed by atoms with Crippen LogP contribution in [0.1, 0.15) is 54.6 Å². The Morgan fingerprint density at radius 2 is 1.08 bits per heavy atom. The summed E-state index contributed by atoms with van der Waals surface area (Å²) in [5, 5.41) is 8.03. The maximum absolute atomic E-state index is 11.9. The Kier molecular flexibility index (Phi) is 5.76. The molecule has 0 unspecified atom stereocenters. The van der Waals surface area contributed by atoms with Gasteiger partial charge in [0.15, 0.2) is 0 Å². The molecule has 8 heteroatoms. The van der Waals surface area contributed by atoms with Gasteiger partial charge in [-0.1, -0.05) is 0 Å². The van der Waals surface area contributed by atoms with Crippen molar-refractivity contribution in [2.24, 2.45) is 10.2 Å². The van der Waals surface area contributed by atoms with Crippen molar-refractivity contribution >= 4 is 24.4 Å². The van der Waals surface area contributed by atoms with Crippen LogP contribution in [0.25, 0.3) is 0 Å².